The fourth-order valence-electron chi connectivity index (χ4n) is 3.39. The van der Waals surface area contributed by atoms with Crippen molar-refractivity contribution in [1.82, 2.24) is 15.5 Å². The summed E-state index contributed by atoms with van der Waals surface area (Å²) in [5.41, 5.74) is -0.190. The highest BCUT2D eigenvalue weighted by atomic mass is 16.2. The summed E-state index contributed by atoms with van der Waals surface area (Å²) in [5, 5.41) is 6.55. The van der Waals surface area contributed by atoms with Crippen LogP contribution in [0.3, 0.4) is 0 Å². The average molecular weight is 267 g/mol. The maximum absolute atomic E-state index is 12.6. The van der Waals surface area contributed by atoms with E-state index in [4.69, 9.17) is 0 Å². The van der Waals surface area contributed by atoms with Crippen LogP contribution in [0.25, 0.3) is 0 Å². The third kappa shape index (κ3) is 3.11. The van der Waals surface area contributed by atoms with Gasteiger partial charge in [-0.15, -0.1) is 0 Å². The molecule has 19 heavy (non-hydrogen) atoms. The molecule has 2 rings (SSSR count). The summed E-state index contributed by atoms with van der Waals surface area (Å²) >= 11 is 0. The lowest BCUT2D eigenvalue weighted by Crippen LogP contribution is -2.49. The number of carbonyl (C=O) groups is 1. The smallest absolute Gasteiger partial charge is 0.227 e. The first-order valence-corrected chi connectivity index (χ1v) is 7.79. The van der Waals surface area contributed by atoms with Crippen LogP contribution in [0.5, 0.6) is 0 Å². The number of hydrogen-bond donors (Lipinski definition) is 2. The molecular formula is C15H29N3O. The van der Waals surface area contributed by atoms with Crippen molar-refractivity contribution < 1.29 is 4.79 Å². The standard InChI is InChI=1S/C15H29N3O/c1-12(2)15(6-7-16-11-15)14(19)17-10-13(3)18-8-4-5-9-18/h12-13,16H,4-11H2,1-3H3,(H,17,19). The van der Waals surface area contributed by atoms with Crippen LogP contribution in [0.1, 0.15) is 40.0 Å². The summed E-state index contributed by atoms with van der Waals surface area (Å²) in [7, 11) is 0. The number of hydrogen-bond acceptors (Lipinski definition) is 3. The highest BCUT2D eigenvalue weighted by Gasteiger charge is 2.43. The Kier molecular flexibility index (Phi) is 4.85. The Labute approximate surface area is 117 Å². The molecule has 110 valence electrons. The Morgan fingerprint density at radius 1 is 1.32 bits per heavy atom. The minimum absolute atomic E-state index is 0.190. The van der Waals surface area contributed by atoms with Crippen LogP contribution in [0, 0.1) is 11.3 Å². The Morgan fingerprint density at radius 3 is 2.53 bits per heavy atom. The van der Waals surface area contributed by atoms with E-state index in [1.807, 2.05) is 0 Å². The van der Waals surface area contributed by atoms with Crippen LogP contribution >= 0.6 is 0 Å². The molecule has 0 aromatic rings. The highest BCUT2D eigenvalue weighted by Crippen LogP contribution is 2.34. The van der Waals surface area contributed by atoms with Crippen molar-refractivity contribution in [2.24, 2.45) is 11.3 Å². The van der Waals surface area contributed by atoms with Gasteiger partial charge in [-0.3, -0.25) is 9.69 Å². The van der Waals surface area contributed by atoms with E-state index in [1.165, 1.54) is 25.9 Å². The zero-order valence-electron chi connectivity index (χ0n) is 12.7. The normalized spacial score (nSPS) is 29.9. The van der Waals surface area contributed by atoms with Gasteiger partial charge in [-0.25, -0.2) is 0 Å². The summed E-state index contributed by atoms with van der Waals surface area (Å²) in [4.78, 5) is 15.0. The molecule has 0 aliphatic carbocycles. The number of amides is 1. The molecule has 2 atom stereocenters. The molecule has 0 spiro atoms. The Morgan fingerprint density at radius 2 is 2.00 bits per heavy atom. The molecule has 0 radical (unpaired) electrons. The molecule has 2 saturated heterocycles. The molecule has 1 amide bonds. The molecule has 2 N–H and O–H groups in total. The van der Waals surface area contributed by atoms with E-state index in [0.29, 0.717) is 12.0 Å². The predicted octanol–water partition coefficient (Wildman–Crippen LogP) is 1.22. The first-order valence-electron chi connectivity index (χ1n) is 7.79. The minimum atomic E-state index is -0.190. The SMILES string of the molecule is CC(CNC(=O)C1(C(C)C)CCNC1)N1CCCC1. The Bertz CT molecular complexity index is 305. The summed E-state index contributed by atoms with van der Waals surface area (Å²) in [6.45, 7) is 11.5. The fraction of sp³-hybridized carbons (Fsp3) is 0.933. The van der Waals surface area contributed by atoms with Gasteiger partial charge >= 0.3 is 0 Å². The van der Waals surface area contributed by atoms with Crippen molar-refractivity contribution >= 4 is 5.91 Å². The molecule has 2 aliphatic rings. The van der Waals surface area contributed by atoms with Gasteiger partial charge in [0.15, 0.2) is 0 Å². The fourth-order valence-corrected chi connectivity index (χ4v) is 3.39. The summed E-state index contributed by atoms with van der Waals surface area (Å²) in [6.07, 6.45) is 3.57. The maximum atomic E-state index is 12.6. The highest BCUT2D eigenvalue weighted by molar-refractivity contribution is 5.83. The van der Waals surface area contributed by atoms with E-state index >= 15 is 0 Å². The number of nitrogens with one attached hydrogen (secondary N) is 2. The Hall–Kier alpha value is -0.610. The topological polar surface area (TPSA) is 44.4 Å². The third-order valence-corrected chi connectivity index (χ3v) is 5.07. The lowest BCUT2D eigenvalue weighted by molar-refractivity contribution is -0.132. The van der Waals surface area contributed by atoms with Gasteiger partial charge < -0.3 is 10.6 Å². The second kappa shape index (κ2) is 6.23. The number of carbonyl (C=O) groups excluding carboxylic acids is 1. The first-order chi connectivity index (χ1) is 9.06. The molecular weight excluding hydrogens is 238 g/mol. The van der Waals surface area contributed by atoms with Crippen molar-refractivity contribution in [1.29, 1.82) is 0 Å². The third-order valence-electron chi connectivity index (χ3n) is 5.07. The molecule has 2 fully saturated rings. The van der Waals surface area contributed by atoms with Gasteiger partial charge in [0.2, 0.25) is 5.91 Å². The van der Waals surface area contributed by atoms with Crippen LogP contribution in [-0.4, -0.2) is 49.6 Å². The van der Waals surface area contributed by atoms with Gasteiger partial charge in [-0.1, -0.05) is 13.8 Å². The van der Waals surface area contributed by atoms with Gasteiger partial charge in [0.25, 0.3) is 0 Å². The van der Waals surface area contributed by atoms with Crippen LogP contribution in [0.15, 0.2) is 0 Å². The van der Waals surface area contributed by atoms with E-state index in [-0.39, 0.29) is 11.3 Å². The lowest BCUT2D eigenvalue weighted by Gasteiger charge is -2.32. The van der Waals surface area contributed by atoms with Gasteiger partial charge in [0, 0.05) is 19.1 Å². The molecule has 0 bridgehead atoms. The van der Waals surface area contributed by atoms with Gasteiger partial charge in [0.05, 0.1) is 5.41 Å². The monoisotopic (exact) mass is 267 g/mol. The quantitative estimate of drug-likeness (QED) is 0.787. The van der Waals surface area contributed by atoms with Crippen molar-refractivity contribution in [2.75, 3.05) is 32.7 Å². The second-order valence-electron chi connectivity index (χ2n) is 6.54. The van der Waals surface area contributed by atoms with Crippen molar-refractivity contribution in [3.8, 4) is 0 Å². The molecule has 2 aliphatic heterocycles. The summed E-state index contributed by atoms with van der Waals surface area (Å²) in [6, 6.07) is 0.463. The van der Waals surface area contributed by atoms with E-state index in [2.05, 4.69) is 36.3 Å². The summed E-state index contributed by atoms with van der Waals surface area (Å²) < 4.78 is 0. The zero-order valence-corrected chi connectivity index (χ0v) is 12.7. The number of nitrogens with zero attached hydrogens (tertiary/aromatic N) is 1. The number of likely N-dealkylation sites (tertiary alicyclic amines) is 1. The predicted molar refractivity (Wildman–Crippen MR) is 78.0 cm³/mol. The van der Waals surface area contributed by atoms with Crippen molar-refractivity contribution in [3.63, 3.8) is 0 Å². The molecule has 4 nitrogen and oxygen atoms in total. The number of rotatable bonds is 5. The molecule has 0 aromatic carbocycles. The van der Waals surface area contributed by atoms with Crippen LogP contribution in [0.4, 0.5) is 0 Å². The molecule has 0 saturated carbocycles. The van der Waals surface area contributed by atoms with Crippen LogP contribution < -0.4 is 10.6 Å². The van der Waals surface area contributed by atoms with Gasteiger partial charge in [-0.2, -0.15) is 0 Å². The first kappa shape index (κ1) is 14.8. The van der Waals surface area contributed by atoms with Gasteiger partial charge in [-0.05, 0) is 51.7 Å². The molecule has 2 unspecified atom stereocenters. The largest absolute Gasteiger partial charge is 0.354 e. The van der Waals surface area contributed by atoms with Crippen molar-refractivity contribution in [2.45, 2.75) is 46.1 Å². The van der Waals surface area contributed by atoms with Gasteiger partial charge in [0.1, 0.15) is 0 Å². The van der Waals surface area contributed by atoms with Crippen LogP contribution in [0.2, 0.25) is 0 Å². The maximum Gasteiger partial charge on any atom is 0.227 e. The molecule has 4 heteroatoms. The van der Waals surface area contributed by atoms with E-state index in [0.717, 1.165) is 26.1 Å². The van der Waals surface area contributed by atoms with E-state index in [9.17, 15) is 4.79 Å². The van der Waals surface area contributed by atoms with Crippen LogP contribution in [-0.2, 0) is 4.79 Å². The van der Waals surface area contributed by atoms with E-state index < -0.39 is 0 Å². The second-order valence-corrected chi connectivity index (χ2v) is 6.54. The van der Waals surface area contributed by atoms with Crippen molar-refractivity contribution in [3.05, 3.63) is 0 Å². The zero-order chi connectivity index (χ0) is 13.9. The van der Waals surface area contributed by atoms with E-state index in [1.54, 1.807) is 0 Å². The average Bonchev–Trinajstić information content (AvgIpc) is 3.05. The molecule has 2 heterocycles. The lowest BCUT2D eigenvalue weighted by atomic mass is 9.75. The minimum Gasteiger partial charge on any atom is -0.354 e. The Balaban J connectivity index is 1.85. The molecule has 0 aromatic heterocycles. The summed E-state index contributed by atoms with van der Waals surface area (Å²) in [5.74, 6) is 0.642.